The summed E-state index contributed by atoms with van der Waals surface area (Å²) in [6.45, 7) is 2.51. The maximum absolute atomic E-state index is 13.7. The molecule has 0 bridgehead atoms. The number of fused-ring (bicyclic) bond motifs is 1. The second kappa shape index (κ2) is 9.30. The quantitative estimate of drug-likeness (QED) is 0.724. The van der Waals surface area contributed by atoms with Crippen LogP contribution in [-0.4, -0.2) is 64.0 Å². The number of Topliss-reactive ketones (excluding diaryl/α,β-unsaturated/α-hetero) is 1. The van der Waals surface area contributed by atoms with E-state index in [2.05, 4.69) is 15.5 Å². The molecule has 0 aromatic carbocycles. The second-order valence-corrected chi connectivity index (χ2v) is 10.3. The fourth-order valence-corrected chi connectivity index (χ4v) is 6.13. The molecule has 0 spiro atoms. The molecule has 9 heteroatoms. The van der Waals surface area contributed by atoms with Crippen molar-refractivity contribution in [3.63, 3.8) is 0 Å². The average molecular weight is 469 g/mol. The third-order valence-electron chi connectivity index (χ3n) is 6.94. The first-order chi connectivity index (χ1) is 16.0. The van der Waals surface area contributed by atoms with Crippen LogP contribution in [0.15, 0.2) is 24.4 Å². The van der Waals surface area contributed by atoms with Crippen molar-refractivity contribution in [1.82, 2.24) is 20.4 Å². The molecular weight excluding hydrogens is 440 g/mol. The summed E-state index contributed by atoms with van der Waals surface area (Å²) in [4.78, 5) is 42.3. The summed E-state index contributed by atoms with van der Waals surface area (Å²) >= 11 is 1.34. The average Bonchev–Trinajstić information content (AvgIpc) is 3.56. The Morgan fingerprint density at radius 3 is 2.82 bits per heavy atom. The molecule has 3 fully saturated rings. The van der Waals surface area contributed by atoms with Gasteiger partial charge < -0.3 is 15.0 Å². The lowest BCUT2D eigenvalue weighted by molar-refractivity contribution is -0.139. The Bertz CT molecular complexity index is 1060. The van der Waals surface area contributed by atoms with E-state index in [1.165, 1.54) is 11.3 Å². The van der Waals surface area contributed by atoms with Crippen molar-refractivity contribution in [1.29, 1.82) is 0 Å². The zero-order valence-corrected chi connectivity index (χ0v) is 19.5. The number of carbonyl (C=O) groups excluding carboxylic acids is 3. The predicted molar refractivity (Wildman–Crippen MR) is 123 cm³/mol. The summed E-state index contributed by atoms with van der Waals surface area (Å²) in [6.07, 6.45) is 7.20. The number of aromatic nitrogens is 2. The van der Waals surface area contributed by atoms with Gasteiger partial charge in [-0.25, -0.2) is 0 Å². The van der Waals surface area contributed by atoms with E-state index in [0.29, 0.717) is 17.8 Å². The van der Waals surface area contributed by atoms with E-state index in [-0.39, 0.29) is 36.2 Å². The van der Waals surface area contributed by atoms with E-state index in [9.17, 15) is 14.4 Å². The van der Waals surface area contributed by atoms with Gasteiger partial charge in [0.15, 0.2) is 5.78 Å². The Hall–Kier alpha value is -2.65. The van der Waals surface area contributed by atoms with Crippen molar-refractivity contribution in [2.75, 3.05) is 13.2 Å². The standard InChI is InChI=1S/C24H28N4O4S/c1-14-11-16(27-25-12-14)19-7-8-20(33-19)23(30)26-21(15-5-3-2-4-6-15)24(31)28-10-9-18-22(28)17(29)13-32-18/h7-8,11-12,15,18,21-22H,2-6,9-10,13H2,1H3,(H,26,30)/t18-,21?,22-/m1/s1. The SMILES string of the molecule is Cc1cnnc(-c2ccc(C(=O)NC(C(=O)N3CC[C@H]4OCC(=O)[C@H]43)C3CCCCC3)s2)c1. The van der Waals surface area contributed by atoms with Crippen molar-refractivity contribution in [2.24, 2.45) is 5.92 Å². The number of rotatable bonds is 5. The second-order valence-electron chi connectivity index (χ2n) is 9.21. The minimum atomic E-state index is -0.630. The number of thiophene rings is 1. The summed E-state index contributed by atoms with van der Waals surface area (Å²) in [5.74, 6) is -0.376. The smallest absolute Gasteiger partial charge is 0.262 e. The molecule has 2 aromatic rings. The van der Waals surface area contributed by atoms with Gasteiger partial charge in [0.25, 0.3) is 5.91 Å². The molecule has 174 valence electrons. The molecule has 0 radical (unpaired) electrons. The fraction of sp³-hybridized carbons (Fsp3) is 0.542. The van der Waals surface area contributed by atoms with Crippen LogP contribution in [0.1, 0.15) is 53.8 Å². The number of hydrogen-bond acceptors (Lipinski definition) is 7. The van der Waals surface area contributed by atoms with E-state index in [1.54, 1.807) is 17.2 Å². The highest BCUT2D eigenvalue weighted by Crippen LogP contribution is 2.33. The predicted octanol–water partition coefficient (Wildman–Crippen LogP) is 2.76. The Morgan fingerprint density at radius 1 is 1.21 bits per heavy atom. The fourth-order valence-electron chi connectivity index (χ4n) is 5.26. The van der Waals surface area contributed by atoms with Crippen molar-refractivity contribution >= 4 is 28.9 Å². The van der Waals surface area contributed by atoms with Crippen LogP contribution >= 0.6 is 11.3 Å². The molecule has 1 aliphatic carbocycles. The molecule has 3 aliphatic rings. The van der Waals surface area contributed by atoms with Crippen LogP contribution in [0.25, 0.3) is 10.6 Å². The Morgan fingerprint density at radius 2 is 2.03 bits per heavy atom. The Labute approximate surface area is 196 Å². The summed E-state index contributed by atoms with van der Waals surface area (Å²) in [5, 5.41) is 11.2. The molecule has 1 N–H and O–H groups in total. The van der Waals surface area contributed by atoms with Crippen molar-refractivity contribution in [2.45, 2.75) is 63.6 Å². The highest BCUT2D eigenvalue weighted by atomic mass is 32.1. The highest BCUT2D eigenvalue weighted by Gasteiger charge is 2.49. The first kappa shape index (κ1) is 22.2. The molecule has 2 aliphatic heterocycles. The van der Waals surface area contributed by atoms with Gasteiger partial charge in [-0.05, 0) is 55.9 Å². The van der Waals surface area contributed by atoms with Crippen LogP contribution in [0.3, 0.4) is 0 Å². The van der Waals surface area contributed by atoms with Gasteiger partial charge in [0.1, 0.15) is 24.4 Å². The third kappa shape index (κ3) is 4.44. The number of hydrogen-bond donors (Lipinski definition) is 1. The molecule has 3 atom stereocenters. The number of likely N-dealkylation sites (tertiary alicyclic amines) is 1. The van der Waals surface area contributed by atoms with Crippen molar-refractivity contribution in [3.05, 3.63) is 34.8 Å². The molecule has 2 amide bonds. The molecule has 2 saturated heterocycles. The van der Waals surface area contributed by atoms with Crippen molar-refractivity contribution < 1.29 is 19.1 Å². The first-order valence-corrected chi connectivity index (χ1v) is 12.5. The lowest BCUT2D eigenvalue weighted by Crippen LogP contribution is -2.55. The van der Waals surface area contributed by atoms with E-state index in [1.807, 2.05) is 19.1 Å². The van der Waals surface area contributed by atoms with Gasteiger partial charge in [-0.3, -0.25) is 14.4 Å². The zero-order valence-electron chi connectivity index (χ0n) is 18.7. The molecule has 1 unspecified atom stereocenters. The molecule has 2 aromatic heterocycles. The monoisotopic (exact) mass is 468 g/mol. The number of ketones is 1. The lowest BCUT2D eigenvalue weighted by Gasteiger charge is -2.34. The van der Waals surface area contributed by atoms with Gasteiger partial charge >= 0.3 is 0 Å². The van der Waals surface area contributed by atoms with E-state index in [4.69, 9.17) is 4.74 Å². The molecule has 5 rings (SSSR count). The molecule has 33 heavy (non-hydrogen) atoms. The van der Waals surface area contributed by atoms with Crippen LogP contribution in [0, 0.1) is 12.8 Å². The number of nitrogens with one attached hydrogen (secondary N) is 1. The summed E-state index contributed by atoms with van der Waals surface area (Å²) in [5.41, 5.74) is 1.72. The molecule has 1 saturated carbocycles. The Kier molecular flexibility index (Phi) is 6.25. The molecule has 4 heterocycles. The van der Waals surface area contributed by atoms with Gasteiger partial charge in [-0.1, -0.05) is 19.3 Å². The maximum Gasteiger partial charge on any atom is 0.262 e. The van der Waals surface area contributed by atoms with Crippen LogP contribution in [0.2, 0.25) is 0 Å². The summed E-state index contributed by atoms with van der Waals surface area (Å²) < 4.78 is 5.56. The normalized spacial score (nSPS) is 24.0. The van der Waals surface area contributed by atoms with E-state index in [0.717, 1.165) is 48.2 Å². The minimum Gasteiger partial charge on any atom is -0.368 e. The minimum absolute atomic E-state index is 0.0401. The van der Waals surface area contributed by atoms with Crippen LogP contribution < -0.4 is 5.32 Å². The number of carbonyl (C=O) groups is 3. The van der Waals surface area contributed by atoms with Gasteiger partial charge in [-0.2, -0.15) is 5.10 Å². The van der Waals surface area contributed by atoms with Crippen LogP contribution in [0.5, 0.6) is 0 Å². The van der Waals surface area contributed by atoms with E-state index < -0.39 is 12.1 Å². The lowest BCUT2D eigenvalue weighted by atomic mass is 9.83. The summed E-state index contributed by atoms with van der Waals surface area (Å²) in [7, 11) is 0. The van der Waals surface area contributed by atoms with Crippen molar-refractivity contribution in [3.8, 4) is 10.6 Å². The highest BCUT2D eigenvalue weighted by molar-refractivity contribution is 7.17. The van der Waals surface area contributed by atoms with E-state index >= 15 is 0 Å². The number of amides is 2. The summed E-state index contributed by atoms with van der Waals surface area (Å²) in [6, 6.07) is 4.42. The first-order valence-electron chi connectivity index (χ1n) is 11.7. The van der Waals surface area contributed by atoms with Gasteiger partial charge in [0.2, 0.25) is 5.91 Å². The molecule has 8 nitrogen and oxygen atoms in total. The van der Waals surface area contributed by atoms with Gasteiger partial charge in [0.05, 0.1) is 22.1 Å². The van der Waals surface area contributed by atoms with Crippen LogP contribution in [-0.2, 0) is 14.3 Å². The third-order valence-corrected chi connectivity index (χ3v) is 8.05. The zero-order chi connectivity index (χ0) is 22.9. The number of nitrogens with zero attached hydrogens (tertiary/aromatic N) is 3. The van der Waals surface area contributed by atoms with Gasteiger partial charge in [-0.15, -0.1) is 16.4 Å². The number of aryl methyl sites for hydroxylation is 1. The maximum atomic E-state index is 13.7. The largest absolute Gasteiger partial charge is 0.368 e. The van der Waals surface area contributed by atoms with Gasteiger partial charge in [0, 0.05) is 6.54 Å². The Balaban J connectivity index is 1.36. The van der Waals surface area contributed by atoms with Crippen LogP contribution in [0.4, 0.5) is 0 Å². The topological polar surface area (TPSA) is 101 Å². The number of ether oxygens (including phenoxy) is 1. The molecular formula is C24H28N4O4S.